The largest absolute Gasteiger partial charge is 0.354 e. The molecule has 7 heteroatoms. The van der Waals surface area contributed by atoms with Gasteiger partial charge in [0, 0.05) is 44.4 Å². The monoisotopic (exact) mass is 406 g/mol. The number of hydrogen-bond donors (Lipinski definition) is 1. The van der Waals surface area contributed by atoms with Gasteiger partial charge in [0.05, 0.1) is 11.2 Å². The van der Waals surface area contributed by atoms with Crippen LogP contribution in [0.1, 0.15) is 35.5 Å². The number of halogens is 1. The molecule has 0 amide bonds. The van der Waals surface area contributed by atoms with E-state index in [2.05, 4.69) is 33.3 Å². The van der Waals surface area contributed by atoms with Crippen molar-refractivity contribution in [2.45, 2.75) is 26.2 Å². The van der Waals surface area contributed by atoms with Crippen LogP contribution in [0.5, 0.6) is 0 Å². The summed E-state index contributed by atoms with van der Waals surface area (Å²) in [5.41, 5.74) is 5.12. The first kappa shape index (κ1) is 19.2. The fraction of sp³-hybridized carbons (Fsp3) is 0.435. The molecule has 3 heterocycles. The van der Waals surface area contributed by atoms with Gasteiger partial charge in [-0.25, -0.2) is 19.3 Å². The fourth-order valence-corrected chi connectivity index (χ4v) is 4.53. The summed E-state index contributed by atoms with van der Waals surface area (Å²) in [6.45, 7) is 5.02. The van der Waals surface area contributed by atoms with Gasteiger partial charge in [-0.1, -0.05) is 6.08 Å². The van der Waals surface area contributed by atoms with Crippen molar-refractivity contribution in [2.75, 3.05) is 32.0 Å². The van der Waals surface area contributed by atoms with Gasteiger partial charge in [-0.3, -0.25) is 0 Å². The molecule has 1 aliphatic heterocycles. The Morgan fingerprint density at radius 3 is 2.83 bits per heavy atom. The summed E-state index contributed by atoms with van der Waals surface area (Å²) in [5, 5.41) is 3.40. The van der Waals surface area contributed by atoms with E-state index in [0.717, 1.165) is 72.6 Å². The van der Waals surface area contributed by atoms with Gasteiger partial charge in [0.2, 0.25) is 5.95 Å². The van der Waals surface area contributed by atoms with Crippen molar-refractivity contribution in [3.63, 3.8) is 0 Å². The molecule has 0 spiro atoms. The number of rotatable bonds is 4. The van der Waals surface area contributed by atoms with Gasteiger partial charge in [0.25, 0.3) is 0 Å². The Labute approximate surface area is 175 Å². The van der Waals surface area contributed by atoms with E-state index in [-0.39, 0.29) is 5.82 Å². The van der Waals surface area contributed by atoms with Crippen LogP contribution in [0.3, 0.4) is 0 Å². The zero-order valence-electron chi connectivity index (χ0n) is 17.7. The number of benzene rings is 1. The minimum absolute atomic E-state index is 0.289. The number of aromatic nitrogens is 4. The minimum atomic E-state index is -0.289. The lowest BCUT2D eigenvalue weighted by Crippen LogP contribution is -2.46. The van der Waals surface area contributed by atoms with E-state index in [0.29, 0.717) is 17.4 Å². The second kappa shape index (κ2) is 7.47. The third kappa shape index (κ3) is 3.37. The van der Waals surface area contributed by atoms with E-state index in [1.807, 2.05) is 30.8 Å². The molecule has 1 N–H and O–H groups in total. The molecule has 1 fully saturated rings. The van der Waals surface area contributed by atoms with E-state index in [1.165, 1.54) is 0 Å². The predicted molar refractivity (Wildman–Crippen MR) is 117 cm³/mol. The number of aryl methyl sites for hydroxylation is 3. The molecule has 0 bridgehead atoms. The van der Waals surface area contributed by atoms with Crippen molar-refractivity contribution in [3.8, 4) is 0 Å². The maximum atomic E-state index is 14.8. The fourth-order valence-electron chi connectivity index (χ4n) is 4.53. The Kier molecular flexibility index (Phi) is 4.77. The van der Waals surface area contributed by atoms with Gasteiger partial charge >= 0.3 is 0 Å². The smallest absolute Gasteiger partial charge is 0.222 e. The predicted octanol–water partition coefficient (Wildman–Crippen LogP) is 3.55. The maximum Gasteiger partial charge on any atom is 0.222 e. The number of fused-ring (bicyclic) bond motifs is 2. The summed E-state index contributed by atoms with van der Waals surface area (Å²) in [6, 6.07) is 3.62. The SMILES string of the molecule is Cc1nc2c(F)cc(C3=CCCCc4nc(NCC5CN(C)C5)ncc43)cc2n1C. The van der Waals surface area contributed by atoms with Crippen LogP contribution in [0.25, 0.3) is 16.6 Å². The highest BCUT2D eigenvalue weighted by Crippen LogP contribution is 2.33. The second-order valence-electron chi connectivity index (χ2n) is 8.58. The lowest BCUT2D eigenvalue weighted by molar-refractivity contribution is 0.144. The van der Waals surface area contributed by atoms with E-state index < -0.39 is 0 Å². The molecule has 0 unspecified atom stereocenters. The summed E-state index contributed by atoms with van der Waals surface area (Å²) in [5.74, 6) is 1.86. The molecule has 0 atom stereocenters. The third-order valence-corrected chi connectivity index (χ3v) is 6.29. The molecule has 5 rings (SSSR count). The Morgan fingerprint density at radius 2 is 2.03 bits per heavy atom. The van der Waals surface area contributed by atoms with Gasteiger partial charge in [-0.05, 0) is 56.5 Å². The third-order valence-electron chi connectivity index (χ3n) is 6.29. The highest BCUT2D eigenvalue weighted by Gasteiger charge is 2.23. The molecule has 1 saturated heterocycles. The van der Waals surface area contributed by atoms with E-state index in [9.17, 15) is 4.39 Å². The summed E-state index contributed by atoms with van der Waals surface area (Å²) in [7, 11) is 4.06. The zero-order chi connectivity index (χ0) is 20.8. The maximum absolute atomic E-state index is 14.8. The first-order valence-corrected chi connectivity index (χ1v) is 10.6. The topological polar surface area (TPSA) is 58.9 Å². The van der Waals surface area contributed by atoms with Crippen LogP contribution in [0, 0.1) is 18.7 Å². The zero-order valence-corrected chi connectivity index (χ0v) is 17.7. The number of allylic oxidation sites excluding steroid dienone is 1. The number of hydrogen-bond acceptors (Lipinski definition) is 5. The van der Waals surface area contributed by atoms with Crippen molar-refractivity contribution in [1.82, 2.24) is 24.4 Å². The van der Waals surface area contributed by atoms with Crippen LogP contribution in [0.15, 0.2) is 24.4 Å². The summed E-state index contributed by atoms with van der Waals surface area (Å²) >= 11 is 0. The van der Waals surface area contributed by atoms with E-state index in [4.69, 9.17) is 4.98 Å². The van der Waals surface area contributed by atoms with Crippen molar-refractivity contribution < 1.29 is 4.39 Å². The van der Waals surface area contributed by atoms with Gasteiger partial charge in [-0.2, -0.15) is 0 Å². The number of nitrogens with zero attached hydrogens (tertiary/aromatic N) is 5. The molecule has 2 aliphatic rings. The van der Waals surface area contributed by atoms with Crippen LogP contribution in [-0.4, -0.2) is 51.1 Å². The van der Waals surface area contributed by atoms with Crippen LogP contribution in [0.4, 0.5) is 10.3 Å². The molecule has 156 valence electrons. The molecule has 1 aliphatic carbocycles. The molecule has 6 nitrogen and oxygen atoms in total. The molecule has 1 aromatic carbocycles. The molecule has 3 aromatic rings. The number of nitrogens with one attached hydrogen (secondary N) is 1. The number of likely N-dealkylation sites (tertiary alicyclic amines) is 1. The summed E-state index contributed by atoms with van der Waals surface area (Å²) in [6.07, 6.45) is 6.94. The van der Waals surface area contributed by atoms with Gasteiger partial charge in [0.15, 0.2) is 5.82 Å². The van der Waals surface area contributed by atoms with Gasteiger partial charge < -0.3 is 14.8 Å². The number of anilines is 1. The van der Waals surface area contributed by atoms with Crippen molar-refractivity contribution in [1.29, 1.82) is 0 Å². The molecule has 30 heavy (non-hydrogen) atoms. The van der Waals surface area contributed by atoms with E-state index in [1.54, 1.807) is 6.07 Å². The Balaban J connectivity index is 1.48. The lowest BCUT2D eigenvalue weighted by Gasteiger charge is -2.36. The highest BCUT2D eigenvalue weighted by atomic mass is 19.1. The Morgan fingerprint density at radius 1 is 1.20 bits per heavy atom. The normalized spacial score (nSPS) is 17.4. The van der Waals surface area contributed by atoms with Crippen molar-refractivity contribution in [2.24, 2.45) is 13.0 Å². The molecule has 0 saturated carbocycles. The van der Waals surface area contributed by atoms with Crippen LogP contribution >= 0.6 is 0 Å². The lowest BCUT2D eigenvalue weighted by atomic mass is 9.97. The van der Waals surface area contributed by atoms with Gasteiger partial charge in [0.1, 0.15) is 11.3 Å². The van der Waals surface area contributed by atoms with Crippen molar-refractivity contribution >= 4 is 22.6 Å². The quantitative estimate of drug-likeness (QED) is 0.718. The average Bonchev–Trinajstić information content (AvgIpc) is 2.88. The highest BCUT2D eigenvalue weighted by molar-refractivity contribution is 5.87. The second-order valence-corrected chi connectivity index (χ2v) is 8.58. The summed E-state index contributed by atoms with van der Waals surface area (Å²) in [4.78, 5) is 16.1. The first-order chi connectivity index (χ1) is 14.5. The van der Waals surface area contributed by atoms with Crippen molar-refractivity contribution in [3.05, 3.63) is 52.9 Å². The summed E-state index contributed by atoms with van der Waals surface area (Å²) < 4.78 is 16.8. The first-order valence-electron chi connectivity index (χ1n) is 10.6. The molecule has 0 radical (unpaired) electrons. The molecular formula is C23H27FN6. The molecular weight excluding hydrogens is 379 g/mol. The Hall–Kier alpha value is -2.80. The van der Waals surface area contributed by atoms with Crippen LogP contribution in [0.2, 0.25) is 0 Å². The van der Waals surface area contributed by atoms with Crippen LogP contribution < -0.4 is 5.32 Å². The minimum Gasteiger partial charge on any atom is -0.354 e. The average molecular weight is 407 g/mol. The van der Waals surface area contributed by atoms with Crippen LogP contribution in [-0.2, 0) is 13.5 Å². The Bertz CT molecular complexity index is 1140. The van der Waals surface area contributed by atoms with Gasteiger partial charge in [-0.15, -0.1) is 0 Å². The van der Waals surface area contributed by atoms with E-state index >= 15 is 0 Å². The number of imidazole rings is 1. The standard InChI is InChI=1S/C23H27FN6/c1-14-27-22-19(24)8-16(9-21(22)30(14)3)17-6-4-5-7-20-18(17)11-26-23(28-20)25-10-15-12-29(2)13-15/h6,8-9,11,15H,4-5,7,10,12-13H2,1-3H3,(H,25,26,28). The molecule has 2 aromatic heterocycles.